The van der Waals surface area contributed by atoms with E-state index in [1.165, 1.54) is 11.6 Å². The monoisotopic (exact) mass is 322 g/mol. The molecular weight excluding hydrogens is 307 g/mol. The summed E-state index contributed by atoms with van der Waals surface area (Å²) < 4.78 is 28.3. The van der Waals surface area contributed by atoms with E-state index in [0.717, 1.165) is 5.56 Å². The lowest BCUT2D eigenvalue weighted by Crippen LogP contribution is -2.14. The molecule has 0 amide bonds. The number of hydrogen-bond donors (Lipinski definition) is 0. The van der Waals surface area contributed by atoms with Crippen LogP contribution in [0.3, 0.4) is 0 Å². The molecule has 0 aromatic heterocycles. The molecular formula is C13H16Cl2O3S. The van der Waals surface area contributed by atoms with Gasteiger partial charge in [0.05, 0.1) is 4.90 Å². The normalized spacial score (nSPS) is 12.9. The van der Waals surface area contributed by atoms with Crippen LogP contribution in [0, 0.1) is 0 Å². The van der Waals surface area contributed by atoms with E-state index in [9.17, 15) is 8.42 Å². The molecule has 0 aliphatic rings. The van der Waals surface area contributed by atoms with Crippen molar-refractivity contribution in [2.75, 3.05) is 6.61 Å². The average molecular weight is 323 g/mol. The second-order valence-electron chi connectivity index (χ2n) is 5.02. The Morgan fingerprint density at radius 1 is 1.32 bits per heavy atom. The molecule has 1 aromatic rings. The van der Waals surface area contributed by atoms with Gasteiger partial charge in [-0.3, -0.25) is 0 Å². The van der Waals surface area contributed by atoms with Gasteiger partial charge in [0.2, 0.25) is 0 Å². The highest BCUT2D eigenvalue weighted by Gasteiger charge is 2.22. The Bertz CT molecular complexity index is 572. The summed E-state index contributed by atoms with van der Waals surface area (Å²) in [5.74, 6) is 0.617. The first kappa shape index (κ1) is 16.3. The SMILES string of the molecule is CC(C)(C)c1cc(S(=O)(=O)Cl)ccc1OC/C=C/Cl. The molecule has 0 spiro atoms. The summed E-state index contributed by atoms with van der Waals surface area (Å²) in [7, 11) is 1.62. The highest BCUT2D eigenvalue weighted by molar-refractivity contribution is 8.13. The quantitative estimate of drug-likeness (QED) is 0.785. The molecule has 0 heterocycles. The molecule has 106 valence electrons. The number of ether oxygens (including phenoxy) is 1. The fraction of sp³-hybridized carbons (Fsp3) is 0.385. The summed E-state index contributed by atoms with van der Waals surface area (Å²) in [6.45, 7) is 6.23. The number of rotatable bonds is 4. The summed E-state index contributed by atoms with van der Waals surface area (Å²) in [6.07, 6.45) is 1.65. The second kappa shape index (κ2) is 6.16. The van der Waals surface area contributed by atoms with E-state index < -0.39 is 9.05 Å². The van der Waals surface area contributed by atoms with Gasteiger partial charge in [-0.25, -0.2) is 8.42 Å². The number of halogens is 2. The summed E-state index contributed by atoms with van der Waals surface area (Å²) in [6, 6.07) is 4.58. The average Bonchev–Trinajstić information content (AvgIpc) is 2.27. The van der Waals surface area contributed by atoms with Gasteiger partial charge in [-0.1, -0.05) is 32.4 Å². The van der Waals surface area contributed by atoms with Crippen LogP contribution >= 0.6 is 22.3 Å². The predicted octanol–water partition coefficient (Wildman–Crippen LogP) is 4.04. The minimum atomic E-state index is -3.75. The van der Waals surface area contributed by atoms with Gasteiger partial charge in [-0.15, -0.1) is 0 Å². The third kappa shape index (κ3) is 4.71. The first-order valence-corrected chi connectivity index (χ1v) is 8.38. The highest BCUT2D eigenvalue weighted by Crippen LogP contribution is 2.34. The van der Waals surface area contributed by atoms with Crippen molar-refractivity contribution in [2.24, 2.45) is 0 Å². The van der Waals surface area contributed by atoms with Gasteiger partial charge in [0, 0.05) is 21.8 Å². The molecule has 0 saturated heterocycles. The molecule has 0 unspecified atom stereocenters. The first-order valence-electron chi connectivity index (χ1n) is 5.63. The van der Waals surface area contributed by atoms with Crippen molar-refractivity contribution in [1.29, 1.82) is 0 Å². The Balaban J connectivity index is 3.25. The van der Waals surface area contributed by atoms with Crippen LogP contribution in [-0.4, -0.2) is 15.0 Å². The fourth-order valence-corrected chi connectivity index (χ4v) is 2.40. The third-order valence-corrected chi connectivity index (χ3v) is 3.99. The Morgan fingerprint density at radius 3 is 2.42 bits per heavy atom. The fourth-order valence-electron chi connectivity index (χ4n) is 1.55. The van der Waals surface area contributed by atoms with Crippen LogP contribution in [0.5, 0.6) is 5.75 Å². The van der Waals surface area contributed by atoms with E-state index in [1.807, 2.05) is 20.8 Å². The molecule has 0 bridgehead atoms. The van der Waals surface area contributed by atoms with Crippen LogP contribution in [-0.2, 0) is 14.5 Å². The smallest absolute Gasteiger partial charge is 0.261 e. The van der Waals surface area contributed by atoms with Crippen molar-refractivity contribution >= 4 is 31.3 Å². The molecule has 19 heavy (non-hydrogen) atoms. The van der Waals surface area contributed by atoms with E-state index in [4.69, 9.17) is 27.0 Å². The molecule has 0 aliphatic carbocycles. The molecule has 0 aliphatic heterocycles. The van der Waals surface area contributed by atoms with E-state index in [2.05, 4.69) is 0 Å². The second-order valence-corrected chi connectivity index (χ2v) is 7.84. The number of hydrogen-bond acceptors (Lipinski definition) is 3. The molecule has 6 heteroatoms. The zero-order chi connectivity index (χ0) is 14.7. The molecule has 3 nitrogen and oxygen atoms in total. The molecule has 1 rings (SSSR count). The first-order chi connectivity index (χ1) is 8.66. The molecule has 0 atom stereocenters. The van der Waals surface area contributed by atoms with E-state index in [-0.39, 0.29) is 10.3 Å². The van der Waals surface area contributed by atoms with Crippen molar-refractivity contribution in [3.8, 4) is 5.75 Å². The third-order valence-electron chi connectivity index (χ3n) is 2.46. The van der Waals surface area contributed by atoms with Gasteiger partial charge in [0.25, 0.3) is 9.05 Å². The molecule has 0 N–H and O–H groups in total. The Hall–Kier alpha value is -0.710. The van der Waals surface area contributed by atoms with Crippen LogP contribution in [0.25, 0.3) is 0 Å². The van der Waals surface area contributed by atoms with Crippen LogP contribution in [0.1, 0.15) is 26.3 Å². The summed E-state index contributed by atoms with van der Waals surface area (Å²) in [4.78, 5) is 0.0688. The predicted molar refractivity (Wildman–Crippen MR) is 78.7 cm³/mol. The summed E-state index contributed by atoms with van der Waals surface area (Å²) in [5, 5.41) is 0. The maximum absolute atomic E-state index is 11.4. The lowest BCUT2D eigenvalue weighted by molar-refractivity contribution is 0.350. The van der Waals surface area contributed by atoms with Crippen LogP contribution in [0.2, 0.25) is 0 Å². The van der Waals surface area contributed by atoms with Gasteiger partial charge >= 0.3 is 0 Å². The Kier molecular flexibility index (Phi) is 5.30. The summed E-state index contributed by atoms with van der Waals surface area (Å²) in [5.41, 5.74) is 1.88. The van der Waals surface area contributed by atoms with Gasteiger partial charge in [0.1, 0.15) is 12.4 Å². The zero-order valence-electron chi connectivity index (χ0n) is 11.0. The number of benzene rings is 1. The Morgan fingerprint density at radius 2 is 1.95 bits per heavy atom. The van der Waals surface area contributed by atoms with Gasteiger partial charge in [-0.05, 0) is 29.7 Å². The Labute approximate surface area is 123 Å². The van der Waals surface area contributed by atoms with E-state index in [1.54, 1.807) is 18.2 Å². The van der Waals surface area contributed by atoms with Gasteiger partial charge in [0.15, 0.2) is 0 Å². The highest BCUT2D eigenvalue weighted by atomic mass is 35.7. The van der Waals surface area contributed by atoms with Crippen LogP contribution in [0.4, 0.5) is 0 Å². The lowest BCUT2D eigenvalue weighted by atomic mass is 9.86. The van der Waals surface area contributed by atoms with Gasteiger partial charge < -0.3 is 4.74 Å². The van der Waals surface area contributed by atoms with E-state index >= 15 is 0 Å². The van der Waals surface area contributed by atoms with Crippen molar-refractivity contribution < 1.29 is 13.2 Å². The molecule has 0 fully saturated rings. The van der Waals surface area contributed by atoms with Gasteiger partial charge in [-0.2, -0.15) is 0 Å². The molecule has 0 radical (unpaired) electrons. The van der Waals surface area contributed by atoms with Crippen molar-refractivity contribution in [3.63, 3.8) is 0 Å². The lowest BCUT2D eigenvalue weighted by Gasteiger charge is -2.23. The molecule has 1 aromatic carbocycles. The zero-order valence-corrected chi connectivity index (χ0v) is 13.3. The molecule has 0 saturated carbocycles. The van der Waals surface area contributed by atoms with Crippen molar-refractivity contribution in [1.82, 2.24) is 0 Å². The van der Waals surface area contributed by atoms with Crippen LogP contribution < -0.4 is 4.74 Å². The largest absolute Gasteiger partial charge is 0.489 e. The topological polar surface area (TPSA) is 43.4 Å². The van der Waals surface area contributed by atoms with Crippen molar-refractivity contribution in [2.45, 2.75) is 31.1 Å². The maximum atomic E-state index is 11.4. The minimum Gasteiger partial charge on any atom is -0.489 e. The standard InChI is InChI=1S/C13H16Cl2O3S/c1-13(2,3)11-9-10(19(15,16)17)5-6-12(11)18-8-4-7-14/h4-7,9H,8H2,1-3H3/b7-4+. The maximum Gasteiger partial charge on any atom is 0.261 e. The minimum absolute atomic E-state index is 0.0688. The van der Waals surface area contributed by atoms with Crippen LogP contribution in [0.15, 0.2) is 34.7 Å². The summed E-state index contributed by atoms with van der Waals surface area (Å²) >= 11 is 5.43. The van der Waals surface area contributed by atoms with E-state index in [0.29, 0.717) is 12.4 Å². The van der Waals surface area contributed by atoms with Crippen molar-refractivity contribution in [3.05, 3.63) is 35.4 Å².